The summed E-state index contributed by atoms with van der Waals surface area (Å²) in [6.45, 7) is -2.15. The van der Waals surface area contributed by atoms with Crippen molar-refractivity contribution in [2.75, 3.05) is 23.7 Å². The number of ether oxygens (including phenoxy) is 1. The SMILES string of the molecule is NCCCNCc1ccc(-c2c[nH]c(NC(=O)Nc3ccc(OC(F)F)cc3)nc2=O)cc1C(F)(F)F. The van der Waals surface area contributed by atoms with Gasteiger partial charge in [0.05, 0.1) is 11.1 Å². The number of anilines is 2. The van der Waals surface area contributed by atoms with Crippen LogP contribution in [0.15, 0.2) is 53.5 Å². The van der Waals surface area contributed by atoms with E-state index in [4.69, 9.17) is 5.73 Å². The van der Waals surface area contributed by atoms with Crippen LogP contribution in [0.5, 0.6) is 5.75 Å². The largest absolute Gasteiger partial charge is 0.435 e. The van der Waals surface area contributed by atoms with Gasteiger partial charge in [-0.05, 0) is 61.0 Å². The summed E-state index contributed by atoms with van der Waals surface area (Å²) in [5.41, 5.74) is 3.73. The zero-order valence-corrected chi connectivity index (χ0v) is 19.2. The molecule has 9 nitrogen and oxygen atoms in total. The first-order chi connectivity index (χ1) is 17.6. The highest BCUT2D eigenvalue weighted by Crippen LogP contribution is 2.34. The van der Waals surface area contributed by atoms with Crippen molar-refractivity contribution in [2.24, 2.45) is 5.73 Å². The van der Waals surface area contributed by atoms with Crippen LogP contribution in [0.25, 0.3) is 11.1 Å². The molecule has 3 aromatic rings. The number of rotatable bonds is 10. The summed E-state index contributed by atoms with van der Waals surface area (Å²) >= 11 is 0. The minimum Gasteiger partial charge on any atom is -0.435 e. The van der Waals surface area contributed by atoms with E-state index in [9.17, 15) is 31.5 Å². The van der Waals surface area contributed by atoms with Crippen molar-refractivity contribution in [3.8, 4) is 16.9 Å². The van der Waals surface area contributed by atoms with Crippen molar-refractivity contribution in [1.82, 2.24) is 15.3 Å². The number of carbonyl (C=O) groups is 1. The molecule has 1 aromatic heterocycles. The molecular formula is C23H23F5N6O3. The highest BCUT2D eigenvalue weighted by molar-refractivity contribution is 5.98. The maximum Gasteiger partial charge on any atom is 0.416 e. The molecule has 198 valence electrons. The second kappa shape index (κ2) is 12.3. The number of alkyl halides is 5. The van der Waals surface area contributed by atoms with Gasteiger partial charge in [0.25, 0.3) is 5.56 Å². The van der Waals surface area contributed by atoms with E-state index in [2.05, 4.69) is 30.7 Å². The molecule has 2 amide bonds. The lowest BCUT2D eigenvalue weighted by Gasteiger charge is -2.15. The Morgan fingerprint density at radius 3 is 2.46 bits per heavy atom. The maximum atomic E-state index is 13.6. The minimum atomic E-state index is -4.65. The zero-order chi connectivity index (χ0) is 27.0. The fourth-order valence-electron chi connectivity index (χ4n) is 3.27. The number of nitrogens with two attached hydrogens (primary N) is 1. The molecule has 0 radical (unpaired) electrons. The van der Waals surface area contributed by atoms with E-state index < -0.39 is 29.9 Å². The van der Waals surface area contributed by atoms with E-state index in [1.807, 2.05) is 0 Å². The van der Waals surface area contributed by atoms with Gasteiger partial charge >= 0.3 is 18.8 Å². The van der Waals surface area contributed by atoms with Gasteiger partial charge in [0.1, 0.15) is 5.75 Å². The average molecular weight is 526 g/mol. The molecule has 0 aliphatic rings. The van der Waals surface area contributed by atoms with Gasteiger partial charge in [-0.1, -0.05) is 12.1 Å². The number of nitrogens with zero attached hydrogens (tertiary/aromatic N) is 1. The first-order valence-corrected chi connectivity index (χ1v) is 10.9. The lowest BCUT2D eigenvalue weighted by atomic mass is 10.00. The smallest absolute Gasteiger partial charge is 0.416 e. The summed E-state index contributed by atoms with van der Waals surface area (Å²) in [5.74, 6) is -0.368. The fourth-order valence-corrected chi connectivity index (χ4v) is 3.27. The van der Waals surface area contributed by atoms with E-state index in [1.165, 1.54) is 36.4 Å². The van der Waals surface area contributed by atoms with Gasteiger partial charge in [-0.25, -0.2) is 4.79 Å². The van der Waals surface area contributed by atoms with Gasteiger partial charge < -0.3 is 26.1 Å². The van der Waals surface area contributed by atoms with E-state index in [0.29, 0.717) is 19.5 Å². The average Bonchev–Trinajstić information content (AvgIpc) is 2.82. The van der Waals surface area contributed by atoms with Crippen molar-refractivity contribution in [3.05, 3.63) is 70.1 Å². The van der Waals surface area contributed by atoms with Crippen LogP contribution >= 0.6 is 0 Å². The van der Waals surface area contributed by atoms with Gasteiger partial charge in [-0.2, -0.15) is 26.9 Å². The monoisotopic (exact) mass is 526 g/mol. The maximum absolute atomic E-state index is 13.6. The zero-order valence-electron chi connectivity index (χ0n) is 19.2. The van der Waals surface area contributed by atoms with E-state index >= 15 is 0 Å². The summed E-state index contributed by atoms with van der Waals surface area (Å²) in [6, 6.07) is 7.77. The van der Waals surface area contributed by atoms with Crippen LogP contribution in [-0.4, -0.2) is 35.7 Å². The minimum absolute atomic E-state index is 0.00566. The molecule has 37 heavy (non-hydrogen) atoms. The van der Waals surface area contributed by atoms with Crippen LogP contribution in [0.2, 0.25) is 0 Å². The van der Waals surface area contributed by atoms with Crippen molar-refractivity contribution in [1.29, 1.82) is 0 Å². The molecule has 0 bridgehead atoms. The molecule has 0 aliphatic carbocycles. The van der Waals surface area contributed by atoms with Crippen LogP contribution in [0, 0.1) is 0 Å². The summed E-state index contributed by atoms with van der Waals surface area (Å²) in [6.07, 6.45) is -2.90. The Hall–Kier alpha value is -4.04. The second-order valence-corrected chi connectivity index (χ2v) is 7.64. The normalized spacial score (nSPS) is 11.4. The first kappa shape index (κ1) is 27.5. The Balaban J connectivity index is 1.71. The predicted octanol–water partition coefficient (Wildman–Crippen LogP) is 4.14. The van der Waals surface area contributed by atoms with Crippen molar-refractivity contribution in [2.45, 2.75) is 25.8 Å². The number of aromatic nitrogens is 2. The second-order valence-electron chi connectivity index (χ2n) is 7.64. The molecule has 0 saturated heterocycles. The fraction of sp³-hybridized carbons (Fsp3) is 0.261. The first-order valence-electron chi connectivity index (χ1n) is 10.9. The van der Waals surface area contributed by atoms with Gasteiger partial charge in [-0.3, -0.25) is 10.1 Å². The highest BCUT2D eigenvalue weighted by Gasteiger charge is 2.33. The third kappa shape index (κ3) is 7.98. The van der Waals surface area contributed by atoms with Crippen LogP contribution in [-0.2, 0) is 12.7 Å². The number of benzene rings is 2. The van der Waals surface area contributed by atoms with Crippen LogP contribution in [0.4, 0.5) is 38.4 Å². The molecular weight excluding hydrogens is 503 g/mol. The van der Waals surface area contributed by atoms with Gasteiger partial charge in [0, 0.05) is 18.4 Å². The van der Waals surface area contributed by atoms with Crippen LogP contribution in [0.3, 0.4) is 0 Å². The number of H-pyrrole nitrogens is 1. The lowest BCUT2D eigenvalue weighted by molar-refractivity contribution is -0.138. The predicted molar refractivity (Wildman–Crippen MR) is 126 cm³/mol. The third-order valence-electron chi connectivity index (χ3n) is 4.97. The van der Waals surface area contributed by atoms with Crippen LogP contribution in [0.1, 0.15) is 17.5 Å². The van der Waals surface area contributed by atoms with Gasteiger partial charge in [0.2, 0.25) is 5.95 Å². The topological polar surface area (TPSA) is 134 Å². The Morgan fingerprint density at radius 2 is 1.84 bits per heavy atom. The van der Waals surface area contributed by atoms with E-state index in [0.717, 1.165) is 12.3 Å². The number of carbonyl (C=O) groups excluding carboxylic acids is 1. The molecule has 0 saturated carbocycles. The summed E-state index contributed by atoms with van der Waals surface area (Å²) < 4.78 is 69.5. The summed E-state index contributed by atoms with van der Waals surface area (Å²) in [4.78, 5) is 30.9. The third-order valence-corrected chi connectivity index (χ3v) is 4.97. The number of amides is 2. The Bertz CT molecular complexity index is 1260. The summed E-state index contributed by atoms with van der Waals surface area (Å²) in [7, 11) is 0. The Labute approximate surface area is 207 Å². The number of nitrogens with one attached hydrogen (secondary N) is 4. The molecule has 1 heterocycles. The van der Waals surface area contributed by atoms with Crippen LogP contribution < -0.4 is 32.0 Å². The van der Waals surface area contributed by atoms with E-state index in [1.54, 1.807) is 0 Å². The number of urea groups is 1. The van der Waals surface area contributed by atoms with Crippen molar-refractivity contribution < 1.29 is 31.5 Å². The Morgan fingerprint density at radius 1 is 1.11 bits per heavy atom. The molecule has 0 unspecified atom stereocenters. The Kier molecular flexibility index (Phi) is 9.14. The van der Waals surface area contributed by atoms with Crippen molar-refractivity contribution >= 4 is 17.7 Å². The molecule has 0 atom stereocenters. The van der Waals surface area contributed by atoms with E-state index in [-0.39, 0.29) is 40.6 Å². The quantitative estimate of drug-likeness (QED) is 0.199. The molecule has 0 aliphatic heterocycles. The highest BCUT2D eigenvalue weighted by atomic mass is 19.4. The number of aromatic amines is 1. The number of halogens is 5. The molecule has 14 heteroatoms. The lowest BCUT2D eigenvalue weighted by Crippen LogP contribution is -2.23. The summed E-state index contributed by atoms with van der Waals surface area (Å²) in [5, 5.41) is 7.56. The van der Waals surface area contributed by atoms with Gasteiger partial charge in [-0.15, -0.1) is 0 Å². The van der Waals surface area contributed by atoms with Gasteiger partial charge in [0.15, 0.2) is 0 Å². The molecule has 0 fully saturated rings. The standard InChI is InChI=1S/C23H23F5N6O3/c24-20(25)37-16-6-4-15(5-7-16)32-22(36)34-21-31-12-17(19(35)33-21)13-2-3-14(11-30-9-1-8-29)18(10-13)23(26,27)28/h2-7,10,12,20,30H,1,8-9,11,29H2,(H3,31,32,33,34,35,36). The number of hydrogen-bond donors (Lipinski definition) is 5. The van der Waals surface area contributed by atoms with Crippen molar-refractivity contribution in [3.63, 3.8) is 0 Å². The molecule has 6 N–H and O–H groups in total. The molecule has 2 aromatic carbocycles. The molecule has 3 rings (SSSR count). The molecule has 0 spiro atoms. The number of hydrogen-bond acceptors (Lipinski definition) is 6.